The number of anilines is 1. The normalized spacial score (nSPS) is 20.7. The highest BCUT2D eigenvalue weighted by Crippen LogP contribution is 2.23. The highest BCUT2D eigenvalue weighted by atomic mass is 16.2. The van der Waals surface area contributed by atoms with E-state index in [0.717, 1.165) is 5.69 Å². The molecule has 1 N–H and O–H groups in total. The maximum absolute atomic E-state index is 11.6. The van der Waals surface area contributed by atoms with E-state index >= 15 is 0 Å². The van der Waals surface area contributed by atoms with Crippen LogP contribution in [0.1, 0.15) is 6.42 Å². The Balaban J connectivity index is 2.25. The number of H-pyrrole nitrogens is 1. The molecule has 1 saturated heterocycles. The molecule has 0 bridgehead atoms. The number of nitrogens with zero attached hydrogens (tertiary/aromatic N) is 1. The van der Waals surface area contributed by atoms with Crippen LogP contribution in [0.3, 0.4) is 0 Å². The van der Waals surface area contributed by atoms with Crippen LogP contribution >= 0.6 is 0 Å². The monoisotopic (exact) mass is 204 g/mol. The van der Waals surface area contributed by atoms with Gasteiger partial charge in [-0.3, -0.25) is 9.59 Å². The summed E-state index contributed by atoms with van der Waals surface area (Å²) in [6.45, 7) is 4.33. The average Bonchev–Trinajstić information content (AvgIpc) is 2.61. The van der Waals surface area contributed by atoms with Crippen molar-refractivity contribution in [3.8, 4) is 0 Å². The zero-order valence-corrected chi connectivity index (χ0v) is 8.27. The van der Waals surface area contributed by atoms with Gasteiger partial charge >= 0.3 is 0 Å². The molecule has 4 nitrogen and oxygen atoms in total. The predicted octanol–water partition coefficient (Wildman–Crippen LogP) is 0.914. The van der Waals surface area contributed by atoms with Crippen molar-refractivity contribution in [2.75, 3.05) is 11.4 Å². The number of carbonyl (C=O) groups is 1. The number of nitrogens with one attached hydrogen (secondary N) is 1. The molecule has 2 heterocycles. The fraction of sp³-hybridized carbons (Fsp3) is 0.273. The molecule has 78 valence electrons. The number of hydrogen-bond acceptors (Lipinski definition) is 2. The van der Waals surface area contributed by atoms with E-state index in [1.807, 2.05) is 0 Å². The lowest BCUT2D eigenvalue weighted by Crippen LogP contribution is -2.25. The highest BCUT2D eigenvalue weighted by Gasteiger charge is 2.28. The Morgan fingerprint density at radius 3 is 2.80 bits per heavy atom. The van der Waals surface area contributed by atoms with E-state index in [9.17, 15) is 9.59 Å². The molecule has 4 heteroatoms. The van der Waals surface area contributed by atoms with Gasteiger partial charge in [0.05, 0.1) is 5.69 Å². The van der Waals surface area contributed by atoms with Crippen molar-refractivity contribution in [3.05, 3.63) is 41.3 Å². The minimum Gasteiger partial charge on any atom is -0.327 e. The first-order chi connectivity index (χ1) is 7.20. The van der Waals surface area contributed by atoms with Crippen LogP contribution in [0.5, 0.6) is 0 Å². The van der Waals surface area contributed by atoms with Gasteiger partial charge in [-0.2, -0.15) is 0 Å². The van der Waals surface area contributed by atoms with E-state index in [-0.39, 0.29) is 17.4 Å². The molecule has 1 aromatic heterocycles. The minimum atomic E-state index is -0.161. The number of rotatable bonds is 2. The molecule has 1 amide bonds. The van der Waals surface area contributed by atoms with E-state index < -0.39 is 0 Å². The molecule has 1 aliphatic rings. The van der Waals surface area contributed by atoms with Gasteiger partial charge in [-0.25, -0.2) is 0 Å². The van der Waals surface area contributed by atoms with Crippen molar-refractivity contribution >= 4 is 11.6 Å². The third-order valence-electron chi connectivity index (χ3n) is 2.57. The zero-order chi connectivity index (χ0) is 10.8. The maximum atomic E-state index is 11.6. The molecule has 0 aromatic carbocycles. The third-order valence-corrected chi connectivity index (χ3v) is 2.57. The molecule has 1 atom stereocenters. The number of aromatic amines is 1. The first kappa shape index (κ1) is 9.71. The van der Waals surface area contributed by atoms with Crippen molar-refractivity contribution in [3.63, 3.8) is 0 Å². The molecular formula is C11H12N2O2. The van der Waals surface area contributed by atoms with Gasteiger partial charge in [-0.15, -0.1) is 6.58 Å². The molecule has 15 heavy (non-hydrogen) atoms. The van der Waals surface area contributed by atoms with Crippen LogP contribution in [0, 0.1) is 5.92 Å². The smallest absolute Gasteiger partial charge is 0.248 e. The summed E-state index contributed by atoms with van der Waals surface area (Å²) in [7, 11) is 0. The van der Waals surface area contributed by atoms with Crippen LogP contribution in [0.25, 0.3) is 0 Å². The van der Waals surface area contributed by atoms with Crippen molar-refractivity contribution in [2.45, 2.75) is 6.42 Å². The Kier molecular flexibility index (Phi) is 2.41. The standard InChI is InChI=1S/C11H12N2O2/c1-2-8-5-11(15)13(7-8)9-3-4-10(14)12-6-9/h2-4,6,8H,1,5,7H2,(H,12,14). The van der Waals surface area contributed by atoms with Crippen LogP contribution in [-0.4, -0.2) is 17.4 Å². The van der Waals surface area contributed by atoms with E-state index in [1.54, 1.807) is 23.2 Å². The summed E-state index contributed by atoms with van der Waals surface area (Å²) in [5.74, 6) is 0.288. The van der Waals surface area contributed by atoms with E-state index in [4.69, 9.17) is 0 Å². The number of amides is 1. The number of hydrogen-bond donors (Lipinski definition) is 1. The number of carbonyl (C=O) groups excluding carboxylic acids is 1. The lowest BCUT2D eigenvalue weighted by molar-refractivity contribution is -0.117. The molecule has 0 spiro atoms. The lowest BCUT2D eigenvalue weighted by atomic mass is 10.1. The maximum Gasteiger partial charge on any atom is 0.248 e. The summed E-state index contributed by atoms with van der Waals surface area (Å²) < 4.78 is 0. The van der Waals surface area contributed by atoms with Crippen LogP contribution in [0.4, 0.5) is 5.69 Å². The first-order valence-corrected chi connectivity index (χ1v) is 4.82. The Hall–Kier alpha value is -1.84. The second-order valence-electron chi connectivity index (χ2n) is 3.62. The summed E-state index contributed by atoms with van der Waals surface area (Å²) in [4.78, 5) is 26.7. The van der Waals surface area contributed by atoms with Crippen molar-refractivity contribution in [1.29, 1.82) is 0 Å². The molecule has 1 fully saturated rings. The predicted molar refractivity (Wildman–Crippen MR) is 57.7 cm³/mol. The van der Waals surface area contributed by atoms with E-state index in [0.29, 0.717) is 13.0 Å². The molecule has 1 unspecified atom stereocenters. The van der Waals surface area contributed by atoms with Crippen LogP contribution in [0.2, 0.25) is 0 Å². The topological polar surface area (TPSA) is 53.2 Å². The fourth-order valence-electron chi connectivity index (χ4n) is 1.71. The Bertz CT molecular complexity index is 430. The molecule has 0 saturated carbocycles. The lowest BCUT2D eigenvalue weighted by Gasteiger charge is -2.15. The Morgan fingerprint density at radius 2 is 2.27 bits per heavy atom. The molecular weight excluding hydrogens is 192 g/mol. The van der Waals surface area contributed by atoms with Crippen LogP contribution < -0.4 is 10.5 Å². The third kappa shape index (κ3) is 1.83. The summed E-state index contributed by atoms with van der Waals surface area (Å²) in [5.41, 5.74) is 0.578. The van der Waals surface area contributed by atoms with Gasteiger partial charge in [-0.1, -0.05) is 6.08 Å². The molecule has 2 rings (SSSR count). The average molecular weight is 204 g/mol. The van der Waals surface area contributed by atoms with Gasteiger partial charge in [0.25, 0.3) is 0 Å². The second-order valence-corrected chi connectivity index (χ2v) is 3.62. The number of pyridine rings is 1. The SMILES string of the molecule is C=CC1CC(=O)N(c2ccc(=O)[nH]c2)C1. The van der Waals surface area contributed by atoms with Gasteiger partial charge in [0, 0.05) is 31.1 Å². The Morgan fingerprint density at radius 1 is 1.47 bits per heavy atom. The first-order valence-electron chi connectivity index (χ1n) is 4.82. The molecule has 1 aromatic rings. The van der Waals surface area contributed by atoms with Gasteiger partial charge in [0.15, 0.2) is 0 Å². The summed E-state index contributed by atoms with van der Waals surface area (Å²) in [6.07, 6.45) is 3.86. The fourth-order valence-corrected chi connectivity index (χ4v) is 1.71. The largest absolute Gasteiger partial charge is 0.327 e. The van der Waals surface area contributed by atoms with Gasteiger partial charge < -0.3 is 9.88 Å². The Labute approximate surface area is 87.2 Å². The van der Waals surface area contributed by atoms with Crippen molar-refractivity contribution < 1.29 is 4.79 Å². The minimum absolute atomic E-state index is 0.0759. The van der Waals surface area contributed by atoms with Crippen LogP contribution in [-0.2, 0) is 4.79 Å². The molecule has 1 aliphatic heterocycles. The van der Waals surface area contributed by atoms with Crippen LogP contribution in [0.15, 0.2) is 35.8 Å². The molecule has 0 aliphatic carbocycles. The number of aromatic nitrogens is 1. The van der Waals surface area contributed by atoms with Gasteiger partial charge in [0.1, 0.15) is 0 Å². The van der Waals surface area contributed by atoms with Crippen molar-refractivity contribution in [2.24, 2.45) is 5.92 Å². The highest BCUT2D eigenvalue weighted by molar-refractivity contribution is 5.95. The summed E-state index contributed by atoms with van der Waals surface area (Å²) in [5, 5.41) is 0. The van der Waals surface area contributed by atoms with E-state index in [1.165, 1.54) is 6.07 Å². The summed E-state index contributed by atoms with van der Waals surface area (Å²) >= 11 is 0. The van der Waals surface area contributed by atoms with Gasteiger partial charge in [0.2, 0.25) is 11.5 Å². The van der Waals surface area contributed by atoms with Crippen molar-refractivity contribution in [1.82, 2.24) is 4.98 Å². The second kappa shape index (κ2) is 3.73. The van der Waals surface area contributed by atoms with Gasteiger partial charge in [-0.05, 0) is 6.07 Å². The summed E-state index contributed by atoms with van der Waals surface area (Å²) in [6, 6.07) is 3.08. The molecule has 0 radical (unpaired) electrons. The zero-order valence-electron chi connectivity index (χ0n) is 8.27. The quantitative estimate of drug-likeness (QED) is 0.728. The van der Waals surface area contributed by atoms with E-state index in [2.05, 4.69) is 11.6 Å².